The maximum atomic E-state index is 11.7. The fraction of sp³-hybridized carbons (Fsp3) is 0.769. The molecule has 1 fully saturated rings. The minimum Gasteiger partial charge on any atom is -0.444 e. The van der Waals surface area contributed by atoms with Gasteiger partial charge in [-0.15, -0.1) is 0 Å². The number of aliphatic hydroxyl groups is 1. The van der Waals surface area contributed by atoms with E-state index in [0.29, 0.717) is 12.8 Å². The van der Waals surface area contributed by atoms with E-state index in [2.05, 4.69) is 16.2 Å². The van der Waals surface area contributed by atoms with Crippen LogP contribution in [0.2, 0.25) is 0 Å². The second kappa shape index (κ2) is 6.75. The van der Waals surface area contributed by atoms with Crippen LogP contribution in [-0.2, 0) is 14.3 Å². The Morgan fingerprint density at radius 3 is 2.24 bits per heavy atom. The van der Waals surface area contributed by atoms with Gasteiger partial charge in [-0.2, -0.15) is 0 Å². The van der Waals surface area contributed by atoms with Crippen molar-refractivity contribution in [2.75, 3.05) is 0 Å². The van der Waals surface area contributed by atoms with Gasteiger partial charge in [0.1, 0.15) is 11.7 Å². The molecule has 0 aromatic carbocycles. The minimum atomic E-state index is -1.19. The summed E-state index contributed by atoms with van der Waals surface area (Å²) < 4.78 is 5.11. The molecule has 120 valence electrons. The topological polar surface area (TPSA) is 117 Å². The average molecular weight is 301 g/mol. The lowest BCUT2D eigenvalue weighted by molar-refractivity contribution is -0.136. The summed E-state index contributed by atoms with van der Waals surface area (Å²) in [6.45, 7) is 6.61. The molecule has 1 aliphatic rings. The second-order valence-electron chi connectivity index (χ2n) is 6.17. The molecular weight excluding hydrogens is 278 g/mol. The fourth-order valence-electron chi connectivity index (χ4n) is 1.75. The van der Waals surface area contributed by atoms with Crippen molar-refractivity contribution in [3.05, 3.63) is 0 Å². The highest BCUT2D eigenvalue weighted by Gasteiger charge is 2.36. The molecule has 0 aromatic rings. The monoisotopic (exact) mass is 301 g/mol. The summed E-state index contributed by atoms with van der Waals surface area (Å²) in [5.41, 5.74) is 3.79. The molecule has 1 rings (SSSR count). The van der Waals surface area contributed by atoms with Crippen LogP contribution in [0, 0.1) is 5.92 Å². The number of nitrogens with one attached hydrogen (secondary N) is 3. The maximum Gasteiger partial charge on any atom is 0.407 e. The van der Waals surface area contributed by atoms with Crippen LogP contribution in [-0.4, -0.2) is 40.8 Å². The molecule has 21 heavy (non-hydrogen) atoms. The summed E-state index contributed by atoms with van der Waals surface area (Å²) in [7, 11) is 0. The lowest BCUT2D eigenvalue weighted by Gasteiger charge is -2.35. The summed E-state index contributed by atoms with van der Waals surface area (Å²) >= 11 is 0. The number of carbonyl (C=O) groups excluding carboxylic acids is 3. The third kappa shape index (κ3) is 5.99. The molecule has 0 aromatic heterocycles. The number of alkyl carbamates (subject to hydrolysis) is 1. The first-order valence-electron chi connectivity index (χ1n) is 6.86. The molecule has 0 saturated heterocycles. The van der Waals surface area contributed by atoms with Crippen LogP contribution < -0.4 is 16.2 Å². The zero-order valence-corrected chi connectivity index (χ0v) is 12.7. The van der Waals surface area contributed by atoms with Crippen LogP contribution in [0.25, 0.3) is 0 Å². The van der Waals surface area contributed by atoms with E-state index >= 15 is 0 Å². The lowest BCUT2D eigenvalue weighted by Crippen LogP contribution is -2.54. The van der Waals surface area contributed by atoms with Gasteiger partial charge in [0.25, 0.3) is 5.91 Å². The third-order valence-electron chi connectivity index (χ3n) is 2.92. The Kier molecular flexibility index (Phi) is 5.54. The second-order valence-corrected chi connectivity index (χ2v) is 6.17. The van der Waals surface area contributed by atoms with Gasteiger partial charge in [-0.25, -0.2) is 4.79 Å². The van der Waals surface area contributed by atoms with E-state index in [4.69, 9.17) is 9.84 Å². The van der Waals surface area contributed by atoms with Crippen LogP contribution >= 0.6 is 0 Å². The first kappa shape index (κ1) is 17.2. The molecule has 8 heteroatoms. The standard InChI is InChI=1S/C13H23N3O5/c1-7(17)10(18)15-16-11(19)8-5-9(6-8)14-12(20)21-13(2,3)4/h7-9,17H,5-6H2,1-4H3,(H,14,20)(H,15,18)(H,16,19)/t7-,8?,9?/m1/s1. The van der Waals surface area contributed by atoms with Crippen molar-refractivity contribution in [3.63, 3.8) is 0 Å². The number of amides is 3. The normalized spacial score (nSPS) is 22.5. The van der Waals surface area contributed by atoms with Crippen molar-refractivity contribution in [3.8, 4) is 0 Å². The molecule has 0 heterocycles. The highest BCUT2D eigenvalue weighted by atomic mass is 16.6. The van der Waals surface area contributed by atoms with E-state index in [1.54, 1.807) is 20.8 Å². The van der Waals surface area contributed by atoms with Gasteiger partial charge in [-0.3, -0.25) is 20.4 Å². The summed E-state index contributed by atoms with van der Waals surface area (Å²) in [5.74, 6) is -1.29. The maximum absolute atomic E-state index is 11.7. The van der Waals surface area contributed by atoms with Gasteiger partial charge in [0.05, 0.1) is 0 Å². The predicted octanol–water partition coefficient (Wildman–Crippen LogP) is -0.182. The molecule has 0 unspecified atom stereocenters. The summed E-state index contributed by atoms with van der Waals surface area (Å²) in [6.07, 6.45) is -0.729. The highest BCUT2D eigenvalue weighted by Crippen LogP contribution is 2.27. The first-order valence-corrected chi connectivity index (χ1v) is 6.86. The zero-order chi connectivity index (χ0) is 16.2. The highest BCUT2D eigenvalue weighted by molar-refractivity contribution is 5.85. The first-order chi connectivity index (χ1) is 9.58. The average Bonchev–Trinajstić information content (AvgIpc) is 2.27. The van der Waals surface area contributed by atoms with E-state index in [9.17, 15) is 14.4 Å². The largest absolute Gasteiger partial charge is 0.444 e. The van der Waals surface area contributed by atoms with Gasteiger partial charge in [-0.1, -0.05) is 0 Å². The minimum absolute atomic E-state index is 0.108. The number of aliphatic hydroxyl groups excluding tert-OH is 1. The number of hydrazine groups is 1. The van der Waals surface area contributed by atoms with Crippen LogP contribution in [0.1, 0.15) is 40.5 Å². The predicted molar refractivity (Wildman–Crippen MR) is 73.8 cm³/mol. The molecular formula is C13H23N3O5. The summed E-state index contributed by atoms with van der Waals surface area (Å²) in [4.78, 5) is 34.2. The summed E-state index contributed by atoms with van der Waals surface area (Å²) in [6, 6.07) is -0.108. The summed E-state index contributed by atoms with van der Waals surface area (Å²) in [5, 5.41) is 11.6. The van der Waals surface area contributed by atoms with Crippen molar-refractivity contribution < 1.29 is 24.2 Å². The fourth-order valence-corrected chi connectivity index (χ4v) is 1.75. The molecule has 0 radical (unpaired) electrons. The van der Waals surface area contributed by atoms with Crippen molar-refractivity contribution in [2.45, 2.75) is 58.3 Å². The van der Waals surface area contributed by atoms with Crippen molar-refractivity contribution >= 4 is 17.9 Å². The Balaban J connectivity index is 2.22. The molecule has 1 aliphatic carbocycles. The van der Waals surface area contributed by atoms with Crippen LogP contribution in [0.15, 0.2) is 0 Å². The lowest BCUT2D eigenvalue weighted by atomic mass is 9.80. The Labute approximate surface area is 123 Å². The molecule has 4 N–H and O–H groups in total. The van der Waals surface area contributed by atoms with Gasteiger partial charge >= 0.3 is 6.09 Å². The van der Waals surface area contributed by atoms with Crippen molar-refractivity contribution in [1.82, 2.24) is 16.2 Å². The van der Waals surface area contributed by atoms with Crippen molar-refractivity contribution in [2.24, 2.45) is 5.92 Å². The van der Waals surface area contributed by atoms with E-state index in [1.165, 1.54) is 6.92 Å². The van der Waals surface area contributed by atoms with Crippen molar-refractivity contribution in [1.29, 1.82) is 0 Å². The van der Waals surface area contributed by atoms with Gasteiger partial charge in [0.15, 0.2) is 0 Å². The van der Waals surface area contributed by atoms with Crippen LogP contribution in [0.4, 0.5) is 4.79 Å². The molecule has 1 saturated carbocycles. The molecule has 8 nitrogen and oxygen atoms in total. The van der Waals surface area contributed by atoms with E-state index < -0.39 is 23.7 Å². The van der Waals surface area contributed by atoms with Crippen LogP contribution in [0.5, 0.6) is 0 Å². The molecule has 3 amide bonds. The van der Waals surface area contributed by atoms with E-state index in [1.807, 2.05) is 0 Å². The molecule has 0 spiro atoms. The zero-order valence-electron chi connectivity index (χ0n) is 12.7. The van der Waals surface area contributed by atoms with Crippen LogP contribution in [0.3, 0.4) is 0 Å². The number of rotatable bonds is 3. The van der Waals surface area contributed by atoms with E-state index in [0.717, 1.165) is 0 Å². The Morgan fingerprint density at radius 1 is 1.19 bits per heavy atom. The number of hydrogen-bond donors (Lipinski definition) is 4. The Hall–Kier alpha value is -1.83. The third-order valence-corrected chi connectivity index (χ3v) is 2.92. The van der Waals surface area contributed by atoms with E-state index in [-0.39, 0.29) is 17.9 Å². The van der Waals surface area contributed by atoms with Gasteiger partial charge in [0, 0.05) is 12.0 Å². The molecule has 0 aliphatic heterocycles. The Morgan fingerprint density at radius 2 is 1.76 bits per heavy atom. The SMILES string of the molecule is C[C@@H](O)C(=O)NNC(=O)C1CC(NC(=O)OC(C)(C)C)C1. The Bertz CT molecular complexity index is 411. The van der Waals surface area contributed by atoms with Gasteiger partial charge in [-0.05, 0) is 40.5 Å². The van der Waals surface area contributed by atoms with Gasteiger partial charge in [0.2, 0.25) is 5.91 Å². The molecule has 1 atom stereocenters. The van der Waals surface area contributed by atoms with Gasteiger partial charge < -0.3 is 15.2 Å². The number of hydrogen-bond acceptors (Lipinski definition) is 5. The molecule has 0 bridgehead atoms. The quantitative estimate of drug-likeness (QED) is 0.539. The number of ether oxygens (including phenoxy) is 1. The smallest absolute Gasteiger partial charge is 0.407 e. The number of carbonyl (C=O) groups is 3.